The Hall–Kier alpha value is -1.10. The molecule has 21 heavy (non-hydrogen) atoms. The molecule has 0 amide bonds. The van der Waals surface area contributed by atoms with Crippen LogP contribution in [-0.4, -0.2) is 50.9 Å². The Labute approximate surface area is 127 Å². The Morgan fingerprint density at radius 3 is 2.86 bits per heavy atom. The number of likely N-dealkylation sites (tertiary alicyclic amines) is 1. The Morgan fingerprint density at radius 1 is 1.33 bits per heavy atom. The molecule has 0 bridgehead atoms. The predicted molar refractivity (Wildman–Crippen MR) is 83.9 cm³/mol. The number of nitrogens with one attached hydrogen (secondary N) is 1. The first-order valence-corrected chi connectivity index (χ1v) is 7.93. The van der Waals surface area contributed by atoms with Crippen molar-refractivity contribution in [3.63, 3.8) is 0 Å². The molecule has 1 N–H and O–H groups in total. The number of fused-ring (bicyclic) bond motifs is 1. The van der Waals surface area contributed by atoms with E-state index in [9.17, 15) is 0 Å². The molecule has 3 atom stereocenters. The molecule has 0 radical (unpaired) electrons. The molecule has 4 nitrogen and oxygen atoms in total. The van der Waals surface area contributed by atoms with E-state index >= 15 is 0 Å². The molecule has 1 heterocycles. The number of methoxy groups -OCH3 is 2. The van der Waals surface area contributed by atoms with Gasteiger partial charge in [0, 0.05) is 32.3 Å². The molecule has 4 heteroatoms. The minimum atomic E-state index is 0.394. The molecule has 1 aromatic carbocycles. The van der Waals surface area contributed by atoms with Gasteiger partial charge in [0.05, 0.1) is 13.2 Å². The van der Waals surface area contributed by atoms with Gasteiger partial charge < -0.3 is 14.8 Å². The zero-order valence-corrected chi connectivity index (χ0v) is 13.3. The third-order valence-electron chi connectivity index (χ3n) is 4.90. The molecule has 0 saturated carbocycles. The van der Waals surface area contributed by atoms with Crippen LogP contribution >= 0.6 is 0 Å². The van der Waals surface area contributed by atoms with E-state index in [0.29, 0.717) is 18.2 Å². The van der Waals surface area contributed by atoms with E-state index < -0.39 is 0 Å². The largest absolute Gasteiger partial charge is 0.497 e. The van der Waals surface area contributed by atoms with Crippen LogP contribution in [-0.2, 0) is 11.2 Å². The Bertz CT molecular complexity index is 492. The van der Waals surface area contributed by atoms with Gasteiger partial charge in [-0.2, -0.15) is 0 Å². The second-order valence-electron chi connectivity index (χ2n) is 6.01. The summed E-state index contributed by atoms with van der Waals surface area (Å²) in [7, 11) is 3.56. The van der Waals surface area contributed by atoms with Crippen molar-refractivity contribution in [1.82, 2.24) is 10.2 Å². The van der Waals surface area contributed by atoms with Crippen molar-refractivity contribution >= 4 is 0 Å². The average molecular weight is 290 g/mol. The van der Waals surface area contributed by atoms with Gasteiger partial charge >= 0.3 is 0 Å². The van der Waals surface area contributed by atoms with Gasteiger partial charge in [-0.05, 0) is 42.6 Å². The van der Waals surface area contributed by atoms with Gasteiger partial charge in [0.2, 0.25) is 0 Å². The van der Waals surface area contributed by atoms with Crippen LogP contribution in [0.15, 0.2) is 18.2 Å². The van der Waals surface area contributed by atoms with Crippen molar-refractivity contribution in [1.29, 1.82) is 0 Å². The predicted octanol–water partition coefficient (Wildman–Crippen LogP) is 1.99. The molecule has 3 rings (SSSR count). The molecule has 1 aliphatic heterocycles. The first-order valence-electron chi connectivity index (χ1n) is 7.93. The fourth-order valence-electron chi connectivity index (χ4n) is 3.78. The maximum atomic E-state index is 5.53. The topological polar surface area (TPSA) is 33.7 Å². The van der Waals surface area contributed by atoms with Gasteiger partial charge in [-0.1, -0.05) is 13.0 Å². The number of rotatable bonds is 5. The van der Waals surface area contributed by atoms with Gasteiger partial charge in [-0.3, -0.25) is 4.90 Å². The molecule has 0 spiro atoms. The molecule has 1 aliphatic carbocycles. The number of hydrogen-bond donors (Lipinski definition) is 1. The summed E-state index contributed by atoms with van der Waals surface area (Å²) in [5.41, 5.74) is 2.86. The summed E-state index contributed by atoms with van der Waals surface area (Å²) in [6.07, 6.45) is 2.66. The van der Waals surface area contributed by atoms with Crippen LogP contribution in [0.2, 0.25) is 0 Å². The third-order valence-corrected chi connectivity index (χ3v) is 4.90. The van der Waals surface area contributed by atoms with Crippen LogP contribution < -0.4 is 10.1 Å². The number of hydrogen-bond acceptors (Lipinski definition) is 4. The average Bonchev–Trinajstić information content (AvgIpc) is 3.12. The fraction of sp³-hybridized carbons (Fsp3) is 0.647. The Kier molecular flexibility index (Phi) is 4.48. The summed E-state index contributed by atoms with van der Waals surface area (Å²) in [5.74, 6) is 0.952. The maximum absolute atomic E-state index is 5.53. The minimum absolute atomic E-state index is 0.394. The standard InChI is InChI=1S/C17H26N2O2/c1-4-18-17-15-10-13(20-2)6-5-12(15)9-16(17)19-8-7-14(11-19)21-3/h5-6,10,14,16-18H,4,7-9,11H2,1-3H3. The Morgan fingerprint density at radius 2 is 2.19 bits per heavy atom. The lowest BCUT2D eigenvalue weighted by molar-refractivity contribution is 0.0971. The van der Waals surface area contributed by atoms with E-state index in [1.165, 1.54) is 11.1 Å². The van der Waals surface area contributed by atoms with Crippen molar-refractivity contribution in [3.8, 4) is 5.75 Å². The highest BCUT2D eigenvalue weighted by atomic mass is 16.5. The second-order valence-corrected chi connectivity index (χ2v) is 6.01. The maximum Gasteiger partial charge on any atom is 0.119 e. The monoisotopic (exact) mass is 290 g/mol. The fourth-order valence-corrected chi connectivity index (χ4v) is 3.78. The van der Waals surface area contributed by atoms with Crippen LogP contribution in [0.3, 0.4) is 0 Å². The van der Waals surface area contributed by atoms with Gasteiger partial charge in [0.15, 0.2) is 0 Å². The number of nitrogens with zero attached hydrogens (tertiary/aromatic N) is 1. The van der Waals surface area contributed by atoms with Crippen LogP contribution in [0.25, 0.3) is 0 Å². The van der Waals surface area contributed by atoms with E-state index in [0.717, 1.165) is 38.2 Å². The van der Waals surface area contributed by atoms with E-state index in [1.54, 1.807) is 7.11 Å². The summed E-state index contributed by atoms with van der Waals surface area (Å²) in [6.45, 7) is 5.35. The second kappa shape index (κ2) is 6.34. The SMILES string of the molecule is CCNC1c2cc(OC)ccc2CC1N1CCC(OC)C1. The lowest BCUT2D eigenvalue weighted by Crippen LogP contribution is -2.42. The normalized spacial score (nSPS) is 28.8. The van der Waals surface area contributed by atoms with E-state index in [-0.39, 0.29) is 0 Å². The van der Waals surface area contributed by atoms with Gasteiger partial charge in [0.25, 0.3) is 0 Å². The number of ether oxygens (including phenoxy) is 2. The molecular weight excluding hydrogens is 264 g/mol. The van der Waals surface area contributed by atoms with Crippen molar-refractivity contribution in [2.45, 2.75) is 38.0 Å². The van der Waals surface area contributed by atoms with Crippen LogP contribution in [0.1, 0.15) is 30.5 Å². The molecule has 3 unspecified atom stereocenters. The van der Waals surface area contributed by atoms with Crippen molar-refractivity contribution < 1.29 is 9.47 Å². The van der Waals surface area contributed by atoms with Crippen molar-refractivity contribution in [2.75, 3.05) is 33.9 Å². The molecule has 0 aromatic heterocycles. The van der Waals surface area contributed by atoms with Crippen LogP contribution in [0, 0.1) is 0 Å². The highest BCUT2D eigenvalue weighted by Crippen LogP contribution is 2.38. The quantitative estimate of drug-likeness (QED) is 0.899. The van der Waals surface area contributed by atoms with E-state index in [2.05, 4.69) is 35.3 Å². The highest BCUT2D eigenvalue weighted by Gasteiger charge is 2.38. The zero-order chi connectivity index (χ0) is 14.8. The summed E-state index contributed by atoms with van der Waals surface area (Å²) in [6, 6.07) is 7.43. The summed E-state index contributed by atoms with van der Waals surface area (Å²) >= 11 is 0. The molecule has 2 aliphatic rings. The molecule has 1 aromatic rings. The van der Waals surface area contributed by atoms with Gasteiger partial charge in [-0.15, -0.1) is 0 Å². The summed E-state index contributed by atoms with van der Waals surface area (Å²) < 4.78 is 10.9. The number of likely N-dealkylation sites (N-methyl/N-ethyl adjacent to an activating group) is 1. The first kappa shape index (κ1) is 14.8. The van der Waals surface area contributed by atoms with Crippen LogP contribution in [0.5, 0.6) is 5.75 Å². The smallest absolute Gasteiger partial charge is 0.119 e. The van der Waals surface area contributed by atoms with Crippen molar-refractivity contribution in [3.05, 3.63) is 29.3 Å². The van der Waals surface area contributed by atoms with E-state index in [1.807, 2.05) is 7.11 Å². The molecule has 1 saturated heterocycles. The molecular formula is C17H26N2O2. The summed E-state index contributed by atoms with van der Waals surface area (Å²) in [5, 5.41) is 3.67. The number of benzene rings is 1. The highest BCUT2D eigenvalue weighted by molar-refractivity contribution is 5.43. The Balaban J connectivity index is 1.83. The lowest BCUT2D eigenvalue weighted by Gasteiger charge is -2.30. The van der Waals surface area contributed by atoms with Crippen molar-refractivity contribution in [2.24, 2.45) is 0 Å². The molecule has 1 fully saturated rings. The van der Waals surface area contributed by atoms with Gasteiger partial charge in [0.1, 0.15) is 5.75 Å². The zero-order valence-electron chi connectivity index (χ0n) is 13.3. The van der Waals surface area contributed by atoms with Gasteiger partial charge in [-0.25, -0.2) is 0 Å². The van der Waals surface area contributed by atoms with Crippen LogP contribution in [0.4, 0.5) is 0 Å². The van der Waals surface area contributed by atoms with E-state index in [4.69, 9.17) is 9.47 Å². The molecule has 116 valence electrons. The minimum Gasteiger partial charge on any atom is -0.497 e. The summed E-state index contributed by atoms with van der Waals surface area (Å²) in [4.78, 5) is 2.59. The first-order chi connectivity index (χ1) is 10.3. The third kappa shape index (κ3) is 2.80. The lowest BCUT2D eigenvalue weighted by atomic mass is 10.1.